The lowest BCUT2D eigenvalue weighted by atomic mass is 10.0. The van der Waals surface area contributed by atoms with Gasteiger partial charge in [0.2, 0.25) is 5.91 Å². The average Bonchev–Trinajstić information content (AvgIpc) is 3.33. The van der Waals surface area contributed by atoms with Crippen LogP contribution < -0.4 is 10.1 Å². The molecule has 1 unspecified atom stereocenters. The number of hydrogen-bond donors (Lipinski definition) is 1. The van der Waals surface area contributed by atoms with Crippen LogP contribution in [-0.4, -0.2) is 67.4 Å². The minimum atomic E-state index is -0.593. The zero-order valence-electron chi connectivity index (χ0n) is 25.4. The van der Waals surface area contributed by atoms with E-state index >= 15 is 0 Å². The molecule has 0 spiro atoms. The molecule has 236 valence electrons. The monoisotopic (exact) mass is 634 g/mol. The van der Waals surface area contributed by atoms with Crippen molar-refractivity contribution in [2.24, 2.45) is 5.92 Å². The summed E-state index contributed by atoms with van der Waals surface area (Å²) in [5.74, 6) is 0.469. The summed E-state index contributed by atoms with van der Waals surface area (Å²) in [6.07, 6.45) is 6.42. The number of aromatic nitrogens is 4. The van der Waals surface area contributed by atoms with Crippen LogP contribution in [0.5, 0.6) is 11.5 Å². The molecule has 1 atom stereocenters. The van der Waals surface area contributed by atoms with Gasteiger partial charge in [-0.3, -0.25) is 14.6 Å². The first-order chi connectivity index (χ1) is 21.5. The van der Waals surface area contributed by atoms with Gasteiger partial charge in [0.25, 0.3) is 0 Å². The number of fused-ring (bicyclic) bond motifs is 1. The molecule has 0 bridgehead atoms. The van der Waals surface area contributed by atoms with Gasteiger partial charge in [0.05, 0.1) is 27.3 Å². The van der Waals surface area contributed by atoms with Crippen molar-refractivity contribution in [1.82, 2.24) is 30.2 Å². The van der Waals surface area contributed by atoms with Gasteiger partial charge in [-0.15, -0.1) is 16.4 Å². The van der Waals surface area contributed by atoms with Crippen LogP contribution in [0.15, 0.2) is 42.7 Å². The molecule has 2 amide bonds. The molecular formula is C32H35FN6O5S. The molecule has 1 saturated carbocycles. The number of amides is 2. The number of Topliss-reactive ketones (excluding diaryl/α,β-unsaturated/α-hetero) is 1. The smallest absolute Gasteiger partial charge is 0.407 e. The van der Waals surface area contributed by atoms with Crippen molar-refractivity contribution < 1.29 is 28.2 Å². The molecule has 1 N–H and O–H groups in total. The van der Waals surface area contributed by atoms with Crippen LogP contribution in [0.3, 0.4) is 0 Å². The Hall–Kier alpha value is -4.39. The Morgan fingerprint density at radius 3 is 2.69 bits per heavy atom. The van der Waals surface area contributed by atoms with Gasteiger partial charge in [-0.1, -0.05) is 11.3 Å². The normalized spacial score (nSPS) is 16.6. The van der Waals surface area contributed by atoms with Crippen molar-refractivity contribution in [3.63, 3.8) is 0 Å². The number of ketones is 1. The lowest BCUT2D eigenvalue weighted by molar-refractivity contribution is -0.131. The van der Waals surface area contributed by atoms with E-state index in [1.807, 2.05) is 6.07 Å². The van der Waals surface area contributed by atoms with Crippen LogP contribution in [-0.2, 0) is 27.3 Å². The maximum absolute atomic E-state index is 15.0. The fraction of sp³-hybridized carbons (Fsp3) is 0.438. The van der Waals surface area contributed by atoms with Gasteiger partial charge < -0.3 is 19.7 Å². The van der Waals surface area contributed by atoms with Crippen LogP contribution in [0, 0.1) is 11.7 Å². The number of thiophene rings is 1. The second kappa shape index (κ2) is 12.5. The lowest BCUT2D eigenvalue weighted by Gasteiger charge is -2.22. The van der Waals surface area contributed by atoms with E-state index in [0.717, 1.165) is 17.7 Å². The van der Waals surface area contributed by atoms with Crippen molar-refractivity contribution >= 4 is 39.3 Å². The second-order valence-corrected chi connectivity index (χ2v) is 13.7. The summed E-state index contributed by atoms with van der Waals surface area (Å²) in [4.78, 5) is 44.1. The number of rotatable bonds is 10. The minimum Gasteiger partial charge on any atom is -0.453 e. The number of carbonyl (C=O) groups is 3. The van der Waals surface area contributed by atoms with Crippen molar-refractivity contribution in [3.8, 4) is 22.1 Å². The third-order valence-corrected chi connectivity index (χ3v) is 8.72. The molecule has 1 aliphatic heterocycles. The highest BCUT2D eigenvalue weighted by molar-refractivity contribution is 7.22. The van der Waals surface area contributed by atoms with Gasteiger partial charge in [-0.05, 0) is 69.7 Å². The van der Waals surface area contributed by atoms with Gasteiger partial charge in [0, 0.05) is 38.2 Å². The zero-order chi connectivity index (χ0) is 31.7. The van der Waals surface area contributed by atoms with Gasteiger partial charge in [-0.25, -0.2) is 13.9 Å². The summed E-state index contributed by atoms with van der Waals surface area (Å²) in [6.45, 7) is 6.32. The fourth-order valence-electron chi connectivity index (χ4n) is 5.23. The predicted octanol–water partition coefficient (Wildman–Crippen LogP) is 5.52. The molecule has 1 aliphatic carbocycles. The number of alkyl carbamates (subject to hydrolysis) is 1. The number of hydrogen-bond acceptors (Lipinski definition) is 9. The summed E-state index contributed by atoms with van der Waals surface area (Å²) in [6, 6.07) is 7.98. The minimum absolute atomic E-state index is 0.00507. The standard InChI is InChI=1S/C32H35FN6O5S/c1-32(2,3)44-31(42)35-21-9-11-38(16-21)29(41)18-39-17-25(36-37-39)28-15-24-30(45-28)27(8-10-34-24)43-26-7-6-20(14-23(26)33)13-22(40)12-19-4-5-19/h6-8,10,14-15,17,19,21H,4-5,9,11-13,16,18H2,1-3H3,(H,35,42). The van der Waals surface area contributed by atoms with Crippen LogP contribution >= 0.6 is 11.3 Å². The Kier molecular flexibility index (Phi) is 8.54. The molecule has 0 radical (unpaired) electrons. The Bertz CT molecular complexity index is 1740. The molecular weight excluding hydrogens is 599 g/mol. The number of carbonyl (C=O) groups excluding carboxylic acids is 3. The Morgan fingerprint density at radius 2 is 1.93 bits per heavy atom. The predicted molar refractivity (Wildman–Crippen MR) is 166 cm³/mol. The molecule has 11 nitrogen and oxygen atoms in total. The van der Waals surface area contributed by atoms with Crippen LogP contribution in [0.2, 0.25) is 0 Å². The number of ether oxygens (including phenoxy) is 2. The third kappa shape index (κ3) is 7.83. The maximum atomic E-state index is 15.0. The van der Waals surface area contributed by atoms with Gasteiger partial charge in [-0.2, -0.15) is 0 Å². The molecule has 45 heavy (non-hydrogen) atoms. The fourth-order valence-corrected chi connectivity index (χ4v) is 6.24. The molecule has 1 aromatic carbocycles. The molecule has 1 saturated heterocycles. The SMILES string of the molecule is CC(C)(C)OC(=O)NC1CCN(C(=O)Cn2cc(-c3cc4nccc(Oc5ccc(CC(=O)CC6CC6)cc5F)c4s3)nn2)C1. The number of nitrogens with one attached hydrogen (secondary N) is 1. The second-order valence-electron chi connectivity index (χ2n) is 12.6. The Balaban J connectivity index is 1.08. The maximum Gasteiger partial charge on any atom is 0.407 e. The van der Waals surface area contributed by atoms with Crippen LogP contribution in [0.1, 0.15) is 52.0 Å². The van der Waals surface area contributed by atoms with E-state index < -0.39 is 17.5 Å². The van der Waals surface area contributed by atoms with E-state index in [-0.39, 0.29) is 36.4 Å². The summed E-state index contributed by atoms with van der Waals surface area (Å²) < 4.78 is 28.4. The summed E-state index contributed by atoms with van der Waals surface area (Å²) in [5, 5.41) is 11.2. The number of pyridine rings is 1. The van der Waals surface area contributed by atoms with E-state index in [1.54, 1.807) is 56.3 Å². The van der Waals surface area contributed by atoms with Crippen molar-refractivity contribution in [1.29, 1.82) is 0 Å². The van der Waals surface area contributed by atoms with E-state index in [4.69, 9.17) is 9.47 Å². The van der Waals surface area contributed by atoms with Crippen molar-refractivity contribution in [2.45, 2.75) is 71.1 Å². The van der Waals surface area contributed by atoms with Crippen LogP contribution in [0.4, 0.5) is 9.18 Å². The van der Waals surface area contributed by atoms with E-state index in [2.05, 4.69) is 20.6 Å². The summed E-state index contributed by atoms with van der Waals surface area (Å²) >= 11 is 1.37. The first-order valence-corrected chi connectivity index (χ1v) is 15.8. The summed E-state index contributed by atoms with van der Waals surface area (Å²) in [5.41, 5.74) is 1.26. The Labute approximate surface area is 263 Å². The Morgan fingerprint density at radius 1 is 1.11 bits per heavy atom. The topological polar surface area (TPSA) is 129 Å². The highest BCUT2D eigenvalue weighted by atomic mass is 32.1. The quantitative estimate of drug-likeness (QED) is 0.241. The molecule has 2 aliphatic rings. The molecule has 4 heterocycles. The molecule has 6 rings (SSSR count). The average molecular weight is 635 g/mol. The third-order valence-electron chi connectivity index (χ3n) is 7.56. The molecule has 13 heteroatoms. The van der Waals surface area contributed by atoms with Gasteiger partial charge >= 0.3 is 6.09 Å². The number of nitrogens with zero attached hydrogens (tertiary/aromatic N) is 5. The zero-order valence-corrected chi connectivity index (χ0v) is 26.2. The first kappa shape index (κ1) is 30.6. The highest BCUT2D eigenvalue weighted by Gasteiger charge is 2.29. The van der Waals surface area contributed by atoms with E-state index in [9.17, 15) is 18.8 Å². The molecule has 3 aromatic heterocycles. The molecule has 2 fully saturated rings. The van der Waals surface area contributed by atoms with Crippen molar-refractivity contribution in [3.05, 3.63) is 54.1 Å². The lowest BCUT2D eigenvalue weighted by Crippen LogP contribution is -2.41. The highest BCUT2D eigenvalue weighted by Crippen LogP contribution is 2.39. The van der Waals surface area contributed by atoms with E-state index in [1.165, 1.54) is 22.1 Å². The van der Waals surface area contributed by atoms with Gasteiger partial charge in [0.1, 0.15) is 29.4 Å². The first-order valence-electron chi connectivity index (χ1n) is 15.0. The summed E-state index contributed by atoms with van der Waals surface area (Å²) in [7, 11) is 0. The number of benzene rings is 1. The number of halogens is 1. The van der Waals surface area contributed by atoms with Crippen LogP contribution in [0.25, 0.3) is 20.8 Å². The number of likely N-dealkylation sites (tertiary alicyclic amines) is 1. The van der Waals surface area contributed by atoms with Gasteiger partial charge in [0.15, 0.2) is 11.6 Å². The van der Waals surface area contributed by atoms with Crippen molar-refractivity contribution in [2.75, 3.05) is 13.1 Å². The largest absolute Gasteiger partial charge is 0.453 e. The van der Waals surface area contributed by atoms with E-state index in [0.29, 0.717) is 59.1 Å². The molecule has 4 aromatic rings.